The molecule has 0 aromatic heterocycles. The molecule has 32 heavy (non-hydrogen) atoms. The lowest BCUT2D eigenvalue weighted by molar-refractivity contribution is 0.0950. The zero-order valence-electron chi connectivity index (χ0n) is 17.7. The monoisotopic (exact) mass is 498 g/mol. The summed E-state index contributed by atoms with van der Waals surface area (Å²) in [7, 11) is -3.85. The summed E-state index contributed by atoms with van der Waals surface area (Å²) in [6.07, 6.45) is 2.45. The van der Waals surface area contributed by atoms with Gasteiger partial charge in [-0.15, -0.1) is 0 Å². The lowest BCUT2D eigenvalue weighted by Crippen LogP contribution is -2.27. The van der Waals surface area contributed by atoms with Crippen LogP contribution in [0.4, 0.5) is 0 Å². The van der Waals surface area contributed by atoms with Gasteiger partial charge in [-0.05, 0) is 51.0 Å². The van der Waals surface area contributed by atoms with Crippen molar-refractivity contribution in [3.63, 3.8) is 0 Å². The van der Waals surface area contributed by atoms with Crippen LogP contribution in [0.3, 0.4) is 0 Å². The highest BCUT2D eigenvalue weighted by Gasteiger charge is 2.30. The number of amides is 1. The fourth-order valence-corrected chi connectivity index (χ4v) is 5.74. The van der Waals surface area contributed by atoms with Crippen molar-refractivity contribution in [1.82, 2.24) is 10.0 Å². The molecule has 2 aromatic rings. The quantitative estimate of drug-likeness (QED) is 0.571. The van der Waals surface area contributed by atoms with Crippen LogP contribution in [0.25, 0.3) is 0 Å². The van der Waals surface area contributed by atoms with E-state index in [0.717, 1.165) is 36.1 Å². The molecule has 0 saturated heterocycles. The Morgan fingerprint density at radius 3 is 2.62 bits per heavy atom. The number of hydrogen-bond acceptors (Lipinski definition) is 5. The van der Waals surface area contributed by atoms with Crippen LogP contribution in [-0.2, 0) is 23.0 Å². The summed E-state index contributed by atoms with van der Waals surface area (Å²) in [5, 5.41) is 2.82. The topological polar surface area (TPSA) is 93.7 Å². The predicted molar refractivity (Wildman–Crippen MR) is 122 cm³/mol. The third-order valence-corrected chi connectivity index (χ3v) is 7.57. The third-order valence-electron chi connectivity index (χ3n) is 5.27. The van der Waals surface area contributed by atoms with E-state index < -0.39 is 15.9 Å². The van der Waals surface area contributed by atoms with Crippen molar-refractivity contribution in [3.8, 4) is 11.5 Å². The van der Waals surface area contributed by atoms with Crippen LogP contribution in [-0.4, -0.2) is 33.1 Å². The Balaban J connectivity index is 1.56. The average molecular weight is 499 g/mol. The predicted octanol–water partition coefficient (Wildman–Crippen LogP) is 4.09. The van der Waals surface area contributed by atoms with Gasteiger partial charge in [-0.3, -0.25) is 4.79 Å². The summed E-state index contributed by atoms with van der Waals surface area (Å²) in [4.78, 5) is 12.7. The second-order valence-corrected chi connectivity index (χ2v) is 10.5. The fourth-order valence-electron chi connectivity index (χ4n) is 3.57. The highest BCUT2D eigenvalue weighted by atomic mass is 35.5. The van der Waals surface area contributed by atoms with Gasteiger partial charge in [-0.1, -0.05) is 23.2 Å². The SMILES string of the molecule is CCOc1cc2c(cc1CNC(=O)c1cc(S(=O)(=O)NC3CC3)c(Cl)cc1Cl)O[C@H](C)C2. The van der Waals surface area contributed by atoms with E-state index in [1.165, 1.54) is 12.1 Å². The molecule has 1 fully saturated rings. The molecule has 10 heteroatoms. The van der Waals surface area contributed by atoms with Gasteiger partial charge in [0.25, 0.3) is 5.91 Å². The van der Waals surface area contributed by atoms with Gasteiger partial charge in [0, 0.05) is 30.1 Å². The fraction of sp³-hybridized carbons (Fsp3) is 0.409. The highest BCUT2D eigenvalue weighted by molar-refractivity contribution is 7.89. The molecular formula is C22H24Cl2N2O5S. The van der Waals surface area contributed by atoms with Gasteiger partial charge in [0.1, 0.15) is 22.5 Å². The van der Waals surface area contributed by atoms with E-state index >= 15 is 0 Å². The van der Waals surface area contributed by atoms with Gasteiger partial charge < -0.3 is 14.8 Å². The molecule has 7 nitrogen and oxygen atoms in total. The van der Waals surface area contributed by atoms with Crippen molar-refractivity contribution < 1.29 is 22.7 Å². The van der Waals surface area contributed by atoms with Crippen molar-refractivity contribution in [3.05, 3.63) is 51.0 Å². The standard InChI is InChI=1S/C22H24Cl2N2O5S/c1-3-30-19-7-13-6-12(2)31-20(13)8-14(19)11-25-22(27)16-9-21(18(24)10-17(16)23)32(28,29)26-15-4-5-15/h7-10,12,15,26H,3-6,11H2,1-2H3,(H,25,27)/t12-/m1/s1. The number of fused-ring (bicyclic) bond motifs is 1. The van der Waals surface area contributed by atoms with Crippen molar-refractivity contribution in [2.24, 2.45) is 0 Å². The van der Waals surface area contributed by atoms with Crippen LogP contribution in [0.1, 0.15) is 48.2 Å². The number of carbonyl (C=O) groups excluding carboxylic acids is 1. The molecule has 1 aliphatic heterocycles. The van der Waals surface area contributed by atoms with E-state index in [2.05, 4.69) is 10.0 Å². The van der Waals surface area contributed by atoms with Crippen molar-refractivity contribution >= 4 is 39.1 Å². The molecule has 1 heterocycles. The van der Waals surface area contributed by atoms with E-state index in [4.69, 9.17) is 32.7 Å². The molecule has 1 saturated carbocycles. The number of carbonyl (C=O) groups is 1. The number of ether oxygens (including phenoxy) is 2. The van der Waals surface area contributed by atoms with E-state index in [-0.39, 0.29) is 39.2 Å². The van der Waals surface area contributed by atoms with E-state index in [9.17, 15) is 13.2 Å². The summed E-state index contributed by atoms with van der Waals surface area (Å²) in [5.74, 6) is 0.921. The maximum atomic E-state index is 12.9. The molecule has 0 spiro atoms. The molecule has 2 aliphatic rings. The van der Waals surface area contributed by atoms with Crippen LogP contribution in [0.2, 0.25) is 10.0 Å². The second kappa shape index (κ2) is 9.09. The molecule has 2 aromatic carbocycles. The number of benzene rings is 2. The van der Waals surface area contributed by atoms with Crippen LogP contribution < -0.4 is 19.5 Å². The lowest BCUT2D eigenvalue weighted by atomic mass is 10.1. The van der Waals surface area contributed by atoms with Gasteiger partial charge in [-0.25, -0.2) is 13.1 Å². The van der Waals surface area contributed by atoms with Gasteiger partial charge in [0.05, 0.1) is 22.2 Å². The minimum Gasteiger partial charge on any atom is -0.494 e. The molecule has 1 atom stereocenters. The average Bonchev–Trinajstić information content (AvgIpc) is 3.43. The molecule has 1 aliphatic carbocycles. The normalized spacial score (nSPS) is 17.6. The van der Waals surface area contributed by atoms with Crippen molar-refractivity contribution in [2.45, 2.75) is 56.7 Å². The molecular weight excluding hydrogens is 475 g/mol. The first-order chi connectivity index (χ1) is 15.2. The number of sulfonamides is 1. The molecule has 2 N–H and O–H groups in total. The van der Waals surface area contributed by atoms with Gasteiger partial charge >= 0.3 is 0 Å². The summed E-state index contributed by atoms with van der Waals surface area (Å²) in [5.41, 5.74) is 1.84. The Kier molecular flexibility index (Phi) is 6.58. The van der Waals surface area contributed by atoms with Crippen molar-refractivity contribution in [1.29, 1.82) is 0 Å². The number of rotatable bonds is 8. The zero-order chi connectivity index (χ0) is 23.0. The molecule has 0 radical (unpaired) electrons. The first kappa shape index (κ1) is 23.2. The minimum atomic E-state index is -3.85. The number of halogens is 2. The summed E-state index contributed by atoms with van der Waals surface area (Å²) in [6, 6.07) is 6.19. The summed E-state index contributed by atoms with van der Waals surface area (Å²) >= 11 is 12.3. The maximum Gasteiger partial charge on any atom is 0.253 e. The zero-order valence-corrected chi connectivity index (χ0v) is 20.0. The first-order valence-electron chi connectivity index (χ1n) is 10.4. The largest absolute Gasteiger partial charge is 0.494 e. The molecule has 4 rings (SSSR count). The third kappa shape index (κ3) is 4.98. The molecule has 1 amide bonds. The molecule has 0 unspecified atom stereocenters. The Morgan fingerprint density at radius 1 is 1.19 bits per heavy atom. The number of nitrogens with one attached hydrogen (secondary N) is 2. The molecule has 0 bridgehead atoms. The summed E-state index contributed by atoms with van der Waals surface area (Å²) < 4.78 is 39.4. The van der Waals surface area contributed by atoms with Gasteiger partial charge in [0.2, 0.25) is 10.0 Å². The van der Waals surface area contributed by atoms with E-state index in [1.807, 2.05) is 26.0 Å². The highest BCUT2D eigenvalue weighted by Crippen LogP contribution is 2.35. The van der Waals surface area contributed by atoms with Gasteiger partial charge in [0.15, 0.2) is 0 Å². The van der Waals surface area contributed by atoms with Crippen LogP contribution in [0.5, 0.6) is 11.5 Å². The first-order valence-corrected chi connectivity index (χ1v) is 12.7. The lowest BCUT2D eigenvalue weighted by Gasteiger charge is -2.15. The maximum absolute atomic E-state index is 12.9. The van der Waals surface area contributed by atoms with Crippen LogP contribution in [0, 0.1) is 0 Å². The molecule has 172 valence electrons. The second-order valence-electron chi connectivity index (χ2n) is 7.97. The van der Waals surface area contributed by atoms with Crippen LogP contribution >= 0.6 is 23.2 Å². The van der Waals surface area contributed by atoms with E-state index in [0.29, 0.717) is 12.4 Å². The Hall–Kier alpha value is -2.00. The van der Waals surface area contributed by atoms with E-state index in [1.54, 1.807) is 0 Å². The van der Waals surface area contributed by atoms with Crippen LogP contribution in [0.15, 0.2) is 29.2 Å². The smallest absolute Gasteiger partial charge is 0.253 e. The summed E-state index contributed by atoms with van der Waals surface area (Å²) in [6.45, 7) is 4.52. The minimum absolute atomic E-state index is 0.0243. The number of hydrogen-bond donors (Lipinski definition) is 2. The Bertz CT molecular complexity index is 1170. The Labute approximate surface area is 197 Å². The van der Waals surface area contributed by atoms with Crippen molar-refractivity contribution in [2.75, 3.05) is 6.61 Å². The van der Waals surface area contributed by atoms with Gasteiger partial charge in [-0.2, -0.15) is 0 Å². The Morgan fingerprint density at radius 2 is 1.94 bits per heavy atom.